The van der Waals surface area contributed by atoms with Gasteiger partial charge in [0, 0.05) is 32.4 Å². The van der Waals surface area contributed by atoms with Crippen LogP contribution in [-0.2, 0) is 16.1 Å². The van der Waals surface area contributed by atoms with Crippen molar-refractivity contribution in [2.45, 2.75) is 25.7 Å². The van der Waals surface area contributed by atoms with E-state index in [-0.39, 0.29) is 12.0 Å². The Kier molecular flexibility index (Phi) is 5.39. The highest BCUT2D eigenvalue weighted by molar-refractivity contribution is 5.82. The smallest absolute Gasteiger partial charge is 0.267 e. The first-order chi connectivity index (χ1) is 13.6. The molecule has 0 aromatic heterocycles. The summed E-state index contributed by atoms with van der Waals surface area (Å²) in [6.45, 7) is 5.75. The van der Waals surface area contributed by atoms with Crippen LogP contribution >= 0.6 is 0 Å². The summed E-state index contributed by atoms with van der Waals surface area (Å²) in [7, 11) is 1.80. The maximum absolute atomic E-state index is 12.9. The molecule has 1 amide bonds. The normalized spacial score (nSPS) is 21.3. The van der Waals surface area contributed by atoms with Crippen molar-refractivity contribution in [3.8, 4) is 11.5 Å². The summed E-state index contributed by atoms with van der Waals surface area (Å²) in [6, 6.07) is 15.8. The maximum atomic E-state index is 12.9. The van der Waals surface area contributed by atoms with Gasteiger partial charge in [-0.1, -0.05) is 24.3 Å². The number of para-hydroxylation sites is 2. The standard InChI is InChI=1S/C22H26N2O4/c1-16-21(28-20-6-4-3-5-19(20)27-16)22(25)23(2)15-17-7-9-18(10-8-17)24-11-13-26-14-12-24/h3-10,16,21H,11-15H2,1-2H3. The number of fused-ring (bicyclic) bond motifs is 1. The van der Waals surface area contributed by atoms with Crippen molar-refractivity contribution in [3.05, 3.63) is 54.1 Å². The number of anilines is 1. The first-order valence-corrected chi connectivity index (χ1v) is 9.71. The van der Waals surface area contributed by atoms with Gasteiger partial charge in [0.05, 0.1) is 13.2 Å². The molecular formula is C22H26N2O4. The lowest BCUT2D eigenvalue weighted by molar-refractivity contribution is -0.143. The van der Waals surface area contributed by atoms with Gasteiger partial charge in [-0.3, -0.25) is 4.79 Å². The molecule has 28 heavy (non-hydrogen) atoms. The lowest BCUT2D eigenvalue weighted by atomic mass is 10.1. The number of hydrogen-bond donors (Lipinski definition) is 0. The largest absolute Gasteiger partial charge is 0.482 e. The molecule has 0 N–H and O–H groups in total. The minimum absolute atomic E-state index is 0.0840. The van der Waals surface area contributed by atoms with Crippen molar-refractivity contribution in [3.63, 3.8) is 0 Å². The molecule has 0 spiro atoms. The second-order valence-corrected chi connectivity index (χ2v) is 7.27. The Labute approximate surface area is 165 Å². The molecule has 1 saturated heterocycles. The Morgan fingerprint density at radius 2 is 1.68 bits per heavy atom. The molecule has 148 valence electrons. The van der Waals surface area contributed by atoms with E-state index in [1.165, 1.54) is 5.69 Å². The highest BCUT2D eigenvalue weighted by Gasteiger charge is 2.35. The summed E-state index contributed by atoms with van der Waals surface area (Å²) < 4.78 is 17.2. The van der Waals surface area contributed by atoms with Crippen LogP contribution in [0.4, 0.5) is 5.69 Å². The fraction of sp³-hybridized carbons (Fsp3) is 0.409. The van der Waals surface area contributed by atoms with Gasteiger partial charge in [0.2, 0.25) is 6.10 Å². The first-order valence-electron chi connectivity index (χ1n) is 9.71. The Balaban J connectivity index is 1.39. The lowest BCUT2D eigenvalue weighted by Gasteiger charge is -2.33. The number of benzene rings is 2. The van der Waals surface area contributed by atoms with Crippen LogP contribution in [-0.4, -0.2) is 56.4 Å². The van der Waals surface area contributed by atoms with E-state index in [9.17, 15) is 4.79 Å². The fourth-order valence-corrected chi connectivity index (χ4v) is 3.59. The van der Waals surface area contributed by atoms with Crippen molar-refractivity contribution in [1.82, 2.24) is 4.90 Å². The number of likely N-dealkylation sites (N-methyl/N-ethyl adjacent to an activating group) is 1. The van der Waals surface area contributed by atoms with E-state index in [0.29, 0.717) is 18.0 Å². The van der Waals surface area contributed by atoms with E-state index in [1.54, 1.807) is 11.9 Å². The van der Waals surface area contributed by atoms with Crippen molar-refractivity contribution >= 4 is 11.6 Å². The van der Waals surface area contributed by atoms with Crippen LogP contribution in [0.3, 0.4) is 0 Å². The molecule has 1 fully saturated rings. The molecule has 2 heterocycles. The van der Waals surface area contributed by atoms with Crippen LogP contribution in [0.1, 0.15) is 12.5 Å². The van der Waals surface area contributed by atoms with E-state index in [1.807, 2.05) is 31.2 Å². The predicted molar refractivity (Wildman–Crippen MR) is 107 cm³/mol. The summed E-state index contributed by atoms with van der Waals surface area (Å²) in [5.74, 6) is 1.21. The van der Waals surface area contributed by atoms with Gasteiger partial charge in [0.25, 0.3) is 5.91 Å². The van der Waals surface area contributed by atoms with Gasteiger partial charge in [0.15, 0.2) is 11.5 Å². The number of rotatable bonds is 4. The van der Waals surface area contributed by atoms with Gasteiger partial charge < -0.3 is 24.0 Å². The van der Waals surface area contributed by atoms with Crippen LogP contribution in [0.15, 0.2) is 48.5 Å². The fourth-order valence-electron chi connectivity index (χ4n) is 3.59. The van der Waals surface area contributed by atoms with Crippen molar-refractivity contribution in [2.75, 3.05) is 38.3 Å². The van der Waals surface area contributed by atoms with Crippen molar-refractivity contribution < 1.29 is 19.0 Å². The van der Waals surface area contributed by atoms with Gasteiger partial charge >= 0.3 is 0 Å². The third-order valence-electron chi connectivity index (χ3n) is 5.19. The first kappa shape index (κ1) is 18.6. The molecule has 0 saturated carbocycles. The highest BCUT2D eigenvalue weighted by atomic mass is 16.6. The second kappa shape index (κ2) is 8.10. The van der Waals surface area contributed by atoms with Gasteiger partial charge in [-0.25, -0.2) is 0 Å². The Morgan fingerprint density at radius 1 is 1.04 bits per heavy atom. The van der Waals surface area contributed by atoms with E-state index in [4.69, 9.17) is 14.2 Å². The minimum Gasteiger partial charge on any atom is -0.482 e. The van der Waals surface area contributed by atoms with Gasteiger partial charge in [-0.15, -0.1) is 0 Å². The van der Waals surface area contributed by atoms with Crippen LogP contribution < -0.4 is 14.4 Å². The topological polar surface area (TPSA) is 51.2 Å². The third kappa shape index (κ3) is 3.92. The highest BCUT2D eigenvalue weighted by Crippen LogP contribution is 2.34. The third-order valence-corrected chi connectivity index (χ3v) is 5.19. The number of carbonyl (C=O) groups is 1. The zero-order valence-corrected chi connectivity index (χ0v) is 16.3. The molecule has 2 atom stereocenters. The molecule has 0 bridgehead atoms. The molecule has 2 aromatic rings. The number of carbonyl (C=O) groups excluding carboxylic acids is 1. The summed E-state index contributed by atoms with van der Waals surface area (Å²) in [5, 5.41) is 0. The second-order valence-electron chi connectivity index (χ2n) is 7.27. The zero-order valence-electron chi connectivity index (χ0n) is 16.3. The molecule has 2 aliphatic rings. The van der Waals surface area contributed by atoms with Gasteiger partial charge in [-0.05, 0) is 36.8 Å². The Hall–Kier alpha value is -2.73. The minimum atomic E-state index is -0.646. The van der Waals surface area contributed by atoms with Crippen LogP contribution in [0, 0.1) is 0 Å². The Morgan fingerprint density at radius 3 is 2.36 bits per heavy atom. The number of morpholine rings is 1. The molecule has 6 heteroatoms. The van der Waals surface area contributed by atoms with Crippen LogP contribution in [0.5, 0.6) is 11.5 Å². The van der Waals surface area contributed by atoms with Crippen molar-refractivity contribution in [1.29, 1.82) is 0 Å². The van der Waals surface area contributed by atoms with Crippen LogP contribution in [0.25, 0.3) is 0 Å². The number of nitrogens with zero attached hydrogens (tertiary/aromatic N) is 2. The average Bonchev–Trinajstić information content (AvgIpc) is 2.74. The van der Waals surface area contributed by atoms with Gasteiger partial charge in [-0.2, -0.15) is 0 Å². The van der Waals surface area contributed by atoms with E-state index in [2.05, 4.69) is 29.2 Å². The van der Waals surface area contributed by atoms with Gasteiger partial charge in [0.1, 0.15) is 6.10 Å². The summed E-state index contributed by atoms with van der Waals surface area (Å²) >= 11 is 0. The SMILES string of the molecule is CC1Oc2ccccc2OC1C(=O)N(C)Cc1ccc(N2CCOCC2)cc1. The van der Waals surface area contributed by atoms with Crippen molar-refractivity contribution in [2.24, 2.45) is 0 Å². The molecular weight excluding hydrogens is 356 g/mol. The quantitative estimate of drug-likeness (QED) is 0.814. The molecule has 4 rings (SSSR count). The summed E-state index contributed by atoms with van der Waals surface area (Å²) in [6.07, 6.45) is -0.985. The molecule has 2 aliphatic heterocycles. The molecule has 0 aliphatic carbocycles. The predicted octanol–water partition coefficient (Wildman–Crippen LogP) is 2.71. The molecule has 6 nitrogen and oxygen atoms in total. The van der Waals surface area contributed by atoms with E-state index < -0.39 is 6.10 Å². The summed E-state index contributed by atoms with van der Waals surface area (Å²) in [4.78, 5) is 16.9. The van der Waals surface area contributed by atoms with E-state index >= 15 is 0 Å². The monoisotopic (exact) mass is 382 g/mol. The molecule has 0 radical (unpaired) electrons. The van der Waals surface area contributed by atoms with Crippen LogP contribution in [0.2, 0.25) is 0 Å². The maximum Gasteiger partial charge on any atom is 0.267 e. The number of hydrogen-bond acceptors (Lipinski definition) is 5. The number of amides is 1. The molecule has 2 aromatic carbocycles. The van der Waals surface area contributed by atoms with E-state index in [0.717, 1.165) is 31.9 Å². The zero-order chi connectivity index (χ0) is 19.5. The average molecular weight is 382 g/mol. The summed E-state index contributed by atoms with van der Waals surface area (Å²) in [5.41, 5.74) is 2.27. The lowest BCUT2D eigenvalue weighted by Crippen LogP contribution is -2.49. The number of ether oxygens (including phenoxy) is 3. The molecule has 2 unspecified atom stereocenters. The Bertz CT molecular complexity index is 818.